The topological polar surface area (TPSA) is 85.3 Å². The number of fused-ring (bicyclic) bond motifs is 1. The minimum absolute atomic E-state index is 0.0343. The van der Waals surface area contributed by atoms with Gasteiger partial charge >= 0.3 is 5.97 Å². The van der Waals surface area contributed by atoms with Crippen LogP contribution < -0.4 is 9.47 Å². The van der Waals surface area contributed by atoms with E-state index in [1.807, 2.05) is 12.1 Å². The fraction of sp³-hybridized carbons (Fsp3) is 0.556. The molecule has 0 aliphatic carbocycles. The van der Waals surface area contributed by atoms with Crippen LogP contribution in [0.15, 0.2) is 18.2 Å². The summed E-state index contributed by atoms with van der Waals surface area (Å²) < 4.78 is 16.5. The molecule has 1 aromatic rings. The monoisotopic (exact) mass is 349 g/mol. The third kappa shape index (κ3) is 3.56. The van der Waals surface area contributed by atoms with Crippen molar-refractivity contribution in [2.24, 2.45) is 5.92 Å². The molecule has 2 aliphatic rings. The molecule has 2 heterocycles. The van der Waals surface area contributed by atoms with Crippen molar-refractivity contribution in [1.29, 1.82) is 0 Å². The van der Waals surface area contributed by atoms with Crippen molar-refractivity contribution in [1.82, 2.24) is 4.90 Å². The number of para-hydroxylation sites is 1. The molecule has 7 heteroatoms. The summed E-state index contributed by atoms with van der Waals surface area (Å²) in [5.74, 6) is -0.451. The molecule has 2 atom stereocenters. The maximum absolute atomic E-state index is 12.5. The summed E-state index contributed by atoms with van der Waals surface area (Å²) in [5.41, 5.74) is 0.704. The molecular weight excluding hydrogens is 326 g/mol. The van der Waals surface area contributed by atoms with Crippen molar-refractivity contribution >= 4 is 11.9 Å². The van der Waals surface area contributed by atoms with Crippen molar-refractivity contribution in [2.75, 3.05) is 33.5 Å². The van der Waals surface area contributed by atoms with E-state index in [4.69, 9.17) is 14.2 Å². The molecule has 0 radical (unpaired) electrons. The second-order valence-corrected chi connectivity index (χ2v) is 6.23. The van der Waals surface area contributed by atoms with Crippen LogP contribution in [0.5, 0.6) is 11.5 Å². The Morgan fingerprint density at radius 3 is 2.92 bits per heavy atom. The summed E-state index contributed by atoms with van der Waals surface area (Å²) >= 11 is 0. The number of aliphatic carboxylic acids is 1. The molecular formula is C18H23NO6. The standard InChI is InChI=1S/C18H23NO6/c1-23-9-3-8-19-15(20)7-6-13(18(21)22)16(19)12-4-2-5-14-17(12)25-11-10-24-14/h2,4-5,13,16H,3,6-11H2,1H3,(H,21,22). The summed E-state index contributed by atoms with van der Waals surface area (Å²) in [6.45, 7) is 1.83. The van der Waals surface area contributed by atoms with Crippen LogP contribution in [0.3, 0.4) is 0 Å². The molecule has 7 nitrogen and oxygen atoms in total. The number of carboxylic acids is 1. The average molecular weight is 349 g/mol. The molecule has 2 unspecified atom stereocenters. The zero-order chi connectivity index (χ0) is 17.8. The molecule has 1 aromatic carbocycles. The highest BCUT2D eigenvalue weighted by Gasteiger charge is 2.42. The van der Waals surface area contributed by atoms with Crippen LogP contribution in [0, 0.1) is 5.92 Å². The van der Waals surface area contributed by atoms with Gasteiger partial charge in [-0.25, -0.2) is 0 Å². The van der Waals surface area contributed by atoms with Crippen molar-refractivity contribution in [3.05, 3.63) is 23.8 Å². The Bertz CT molecular complexity index is 646. The summed E-state index contributed by atoms with van der Waals surface area (Å²) in [5, 5.41) is 9.71. The number of benzene rings is 1. The van der Waals surface area contributed by atoms with Gasteiger partial charge in [-0.3, -0.25) is 9.59 Å². The van der Waals surface area contributed by atoms with Crippen LogP contribution in [0.1, 0.15) is 30.9 Å². The highest BCUT2D eigenvalue weighted by atomic mass is 16.6. The number of piperidine rings is 1. The fourth-order valence-electron chi connectivity index (χ4n) is 3.57. The molecule has 136 valence electrons. The van der Waals surface area contributed by atoms with E-state index < -0.39 is 17.9 Å². The molecule has 0 spiro atoms. The largest absolute Gasteiger partial charge is 0.486 e. The lowest BCUT2D eigenvalue weighted by Gasteiger charge is -2.40. The van der Waals surface area contributed by atoms with E-state index >= 15 is 0 Å². The SMILES string of the molecule is COCCCN1C(=O)CCC(C(=O)O)C1c1cccc2c1OCCO2. The highest BCUT2D eigenvalue weighted by Crippen LogP contribution is 2.45. The first-order valence-electron chi connectivity index (χ1n) is 8.53. The van der Waals surface area contributed by atoms with Crippen molar-refractivity contribution in [2.45, 2.75) is 25.3 Å². The van der Waals surface area contributed by atoms with Gasteiger partial charge in [-0.15, -0.1) is 0 Å². The smallest absolute Gasteiger partial charge is 0.308 e. The molecule has 2 aliphatic heterocycles. The van der Waals surface area contributed by atoms with Gasteiger partial charge in [0, 0.05) is 32.2 Å². The molecule has 1 amide bonds. The van der Waals surface area contributed by atoms with Gasteiger partial charge in [-0.1, -0.05) is 12.1 Å². The van der Waals surface area contributed by atoms with Gasteiger partial charge in [0.2, 0.25) is 5.91 Å². The van der Waals surface area contributed by atoms with Gasteiger partial charge in [0.25, 0.3) is 0 Å². The summed E-state index contributed by atoms with van der Waals surface area (Å²) in [7, 11) is 1.61. The number of likely N-dealkylation sites (tertiary alicyclic amines) is 1. The van der Waals surface area contributed by atoms with E-state index in [1.165, 1.54) is 0 Å². The van der Waals surface area contributed by atoms with Crippen LogP contribution in [-0.4, -0.2) is 55.4 Å². The summed E-state index contributed by atoms with van der Waals surface area (Å²) in [6, 6.07) is 4.88. The number of carboxylic acid groups (broad SMARTS) is 1. The Labute approximate surface area is 146 Å². The van der Waals surface area contributed by atoms with Gasteiger partial charge in [0.1, 0.15) is 13.2 Å². The zero-order valence-electron chi connectivity index (χ0n) is 14.3. The molecule has 1 fully saturated rings. The molecule has 1 saturated heterocycles. The van der Waals surface area contributed by atoms with Gasteiger partial charge in [0.15, 0.2) is 11.5 Å². The van der Waals surface area contributed by atoms with E-state index in [0.717, 1.165) is 0 Å². The third-order valence-corrected chi connectivity index (χ3v) is 4.69. The van der Waals surface area contributed by atoms with Crippen LogP contribution >= 0.6 is 0 Å². The quantitative estimate of drug-likeness (QED) is 0.789. The van der Waals surface area contributed by atoms with E-state index in [1.54, 1.807) is 18.1 Å². The van der Waals surface area contributed by atoms with E-state index in [2.05, 4.69) is 0 Å². The third-order valence-electron chi connectivity index (χ3n) is 4.69. The van der Waals surface area contributed by atoms with E-state index in [9.17, 15) is 14.7 Å². The Morgan fingerprint density at radius 1 is 1.36 bits per heavy atom. The van der Waals surface area contributed by atoms with Gasteiger partial charge in [0.05, 0.1) is 12.0 Å². The average Bonchev–Trinajstić information content (AvgIpc) is 2.62. The number of hydrogen-bond donors (Lipinski definition) is 1. The number of nitrogens with zero attached hydrogens (tertiary/aromatic N) is 1. The number of methoxy groups -OCH3 is 1. The first kappa shape index (κ1) is 17.5. The Balaban J connectivity index is 1.99. The number of amides is 1. The zero-order valence-corrected chi connectivity index (χ0v) is 14.3. The minimum atomic E-state index is -0.899. The normalized spacial score (nSPS) is 22.8. The number of hydrogen-bond acceptors (Lipinski definition) is 5. The first-order chi connectivity index (χ1) is 12.1. The van der Waals surface area contributed by atoms with Crippen LogP contribution in [0.25, 0.3) is 0 Å². The number of rotatable bonds is 6. The van der Waals surface area contributed by atoms with Gasteiger partial charge in [-0.2, -0.15) is 0 Å². The summed E-state index contributed by atoms with van der Waals surface area (Å²) in [4.78, 5) is 26.0. The Morgan fingerprint density at radius 2 is 2.16 bits per heavy atom. The maximum atomic E-state index is 12.5. The predicted molar refractivity (Wildman–Crippen MR) is 88.7 cm³/mol. The van der Waals surface area contributed by atoms with E-state index in [0.29, 0.717) is 56.3 Å². The number of carbonyl (C=O) groups excluding carboxylic acids is 1. The summed E-state index contributed by atoms with van der Waals surface area (Å²) in [6.07, 6.45) is 1.22. The van der Waals surface area contributed by atoms with Crippen molar-refractivity contribution in [3.63, 3.8) is 0 Å². The Kier molecular flexibility index (Phi) is 5.43. The molecule has 1 N–H and O–H groups in total. The fourth-order valence-corrected chi connectivity index (χ4v) is 3.57. The van der Waals surface area contributed by atoms with Gasteiger partial charge < -0.3 is 24.2 Å². The Hall–Kier alpha value is -2.28. The molecule has 0 bridgehead atoms. The lowest BCUT2D eigenvalue weighted by atomic mass is 9.83. The number of ether oxygens (including phenoxy) is 3. The first-order valence-corrected chi connectivity index (χ1v) is 8.53. The number of carbonyl (C=O) groups is 2. The van der Waals surface area contributed by atoms with Crippen LogP contribution in [-0.2, 0) is 14.3 Å². The van der Waals surface area contributed by atoms with Crippen LogP contribution in [0.4, 0.5) is 0 Å². The molecule has 0 saturated carbocycles. The van der Waals surface area contributed by atoms with Crippen molar-refractivity contribution < 1.29 is 28.9 Å². The molecule has 25 heavy (non-hydrogen) atoms. The van der Waals surface area contributed by atoms with E-state index in [-0.39, 0.29) is 12.3 Å². The highest BCUT2D eigenvalue weighted by molar-refractivity contribution is 5.82. The predicted octanol–water partition coefficient (Wildman–Crippen LogP) is 1.86. The second-order valence-electron chi connectivity index (χ2n) is 6.23. The van der Waals surface area contributed by atoms with Gasteiger partial charge in [-0.05, 0) is 18.9 Å². The maximum Gasteiger partial charge on any atom is 0.308 e. The lowest BCUT2D eigenvalue weighted by Crippen LogP contribution is -2.46. The van der Waals surface area contributed by atoms with Crippen LogP contribution in [0.2, 0.25) is 0 Å². The molecule has 0 aromatic heterocycles. The van der Waals surface area contributed by atoms with Crippen molar-refractivity contribution in [3.8, 4) is 11.5 Å². The minimum Gasteiger partial charge on any atom is -0.486 e. The second kappa shape index (κ2) is 7.74. The lowest BCUT2D eigenvalue weighted by molar-refractivity contribution is -0.152. The molecule has 3 rings (SSSR count).